The molecular weight excluding hydrogens is 548 g/mol. The molecule has 39 heavy (non-hydrogen) atoms. The van der Waals surface area contributed by atoms with E-state index in [4.69, 9.17) is 11.6 Å². The van der Waals surface area contributed by atoms with Gasteiger partial charge in [0.25, 0.3) is 0 Å². The SMILES string of the molecule is CP(C)(=O)c1cc(C(F)(F)F)cnc1Nc1nc(Nc2ccc3c(c2)CCC(N2CCCC2)CC3)ncc1Cl. The number of halogens is 4. The van der Waals surface area contributed by atoms with Crippen molar-refractivity contribution in [2.24, 2.45) is 0 Å². The highest BCUT2D eigenvalue weighted by Crippen LogP contribution is 2.40. The van der Waals surface area contributed by atoms with Gasteiger partial charge in [-0.15, -0.1) is 0 Å². The summed E-state index contributed by atoms with van der Waals surface area (Å²) in [5.74, 6) is 0.398. The van der Waals surface area contributed by atoms with E-state index in [1.165, 1.54) is 63.0 Å². The molecule has 3 aromatic rings. The highest BCUT2D eigenvalue weighted by molar-refractivity contribution is 7.70. The van der Waals surface area contributed by atoms with Crippen molar-refractivity contribution in [2.45, 2.75) is 50.7 Å². The molecule has 1 saturated heterocycles. The number of fused-ring (bicyclic) bond motifs is 1. The van der Waals surface area contributed by atoms with E-state index in [-0.39, 0.29) is 27.9 Å². The van der Waals surface area contributed by atoms with Gasteiger partial charge in [0.2, 0.25) is 5.95 Å². The number of pyridine rings is 1. The van der Waals surface area contributed by atoms with Crippen LogP contribution < -0.4 is 15.9 Å². The molecule has 0 saturated carbocycles. The van der Waals surface area contributed by atoms with E-state index >= 15 is 0 Å². The topological polar surface area (TPSA) is 83.0 Å². The van der Waals surface area contributed by atoms with Gasteiger partial charge in [-0.2, -0.15) is 18.2 Å². The van der Waals surface area contributed by atoms with Crippen molar-refractivity contribution in [3.8, 4) is 0 Å². The molecule has 1 unspecified atom stereocenters. The zero-order valence-corrected chi connectivity index (χ0v) is 23.5. The molecule has 208 valence electrons. The third-order valence-electron chi connectivity index (χ3n) is 7.37. The minimum Gasteiger partial charge on any atom is -0.324 e. The number of aromatic nitrogens is 3. The molecule has 12 heteroatoms. The smallest absolute Gasteiger partial charge is 0.324 e. The monoisotopic (exact) mass is 578 g/mol. The zero-order chi connectivity index (χ0) is 27.8. The number of aryl methyl sites for hydroxylation is 2. The normalized spacial score (nSPS) is 18.5. The third-order valence-corrected chi connectivity index (χ3v) is 9.15. The second-order valence-corrected chi connectivity index (χ2v) is 14.1. The predicted molar refractivity (Wildman–Crippen MR) is 150 cm³/mol. The highest BCUT2D eigenvalue weighted by atomic mass is 35.5. The van der Waals surface area contributed by atoms with Gasteiger partial charge >= 0.3 is 6.18 Å². The summed E-state index contributed by atoms with van der Waals surface area (Å²) in [6.45, 7) is 5.18. The Morgan fingerprint density at radius 3 is 2.38 bits per heavy atom. The molecule has 1 aromatic carbocycles. The molecule has 1 aliphatic heterocycles. The summed E-state index contributed by atoms with van der Waals surface area (Å²) in [7, 11) is -3.13. The second kappa shape index (κ2) is 11.1. The minimum absolute atomic E-state index is 0.000436. The van der Waals surface area contributed by atoms with E-state index in [0.717, 1.165) is 31.0 Å². The number of alkyl halides is 3. The fourth-order valence-electron chi connectivity index (χ4n) is 5.31. The van der Waals surface area contributed by atoms with E-state index in [2.05, 4.69) is 42.6 Å². The Balaban J connectivity index is 1.35. The quantitative estimate of drug-likeness (QED) is 0.251. The molecule has 5 rings (SSSR count). The fourth-order valence-corrected chi connectivity index (χ4v) is 6.52. The van der Waals surface area contributed by atoms with Crippen LogP contribution in [0, 0.1) is 0 Å². The van der Waals surface area contributed by atoms with Crippen LogP contribution >= 0.6 is 18.7 Å². The van der Waals surface area contributed by atoms with Gasteiger partial charge in [0.15, 0.2) is 5.82 Å². The third kappa shape index (κ3) is 6.56. The standard InChI is InChI=1S/C27H31ClF3N6OP/c1-39(2,38)23-14-19(27(29,30)31)15-32-25(23)35-24-22(28)16-33-26(36-24)34-20-8-5-17-6-9-21(10-7-18(17)13-20)37-11-3-4-12-37/h5,8,13-16,21H,3-4,6-7,9-12H2,1-2H3,(H2,32,33,34,35,36). The second-order valence-electron chi connectivity index (χ2n) is 10.5. The Morgan fingerprint density at radius 1 is 0.974 bits per heavy atom. The Hall–Kier alpha value is -2.68. The molecule has 0 spiro atoms. The average Bonchev–Trinajstić information content (AvgIpc) is 3.32. The van der Waals surface area contributed by atoms with Crippen LogP contribution in [0.4, 0.5) is 36.4 Å². The summed E-state index contributed by atoms with van der Waals surface area (Å²) >= 11 is 6.30. The first-order valence-corrected chi connectivity index (χ1v) is 16.0. The molecular formula is C27H31ClF3N6OP. The van der Waals surface area contributed by atoms with Crippen molar-refractivity contribution in [2.75, 3.05) is 37.1 Å². The molecule has 0 amide bonds. The largest absolute Gasteiger partial charge is 0.417 e. The fraction of sp³-hybridized carbons (Fsp3) is 0.444. The number of hydrogen-bond acceptors (Lipinski definition) is 7. The number of benzene rings is 1. The summed E-state index contributed by atoms with van der Waals surface area (Å²) in [4.78, 5) is 15.2. The number of anilines is 4. The first-order chi connectivity index (χ1) is 18.5. The molecule has 3 heterocycles. The van der Waals surface area contributed by atoms with E-state index < -0.39 is 18.9 Å². The van der Waals surface area contributed by atoms with Crippen LogP contribution in [0.1, 0.15) is 42.4 Å². The molecule has 2 N–H and O–H groups in total. The van der Waals surface area contributed by atoms with E-state index in [1.807, 2.05) is 6.07 Å². The van der Waals surface area contributed by atoms with Crippen LogP contribution in [-0.2, 0) is 23.6 Å². The maximum atomic E-state index is 13.3. The average molecular weight is 579 g/mol. The molecule has 2 aliphatic rings. The molecule has 0 radical (unpaired) electrons. The highest BCUT2D eigenvalue weighted by Gasteiger charge is 2.33. The Labute approximate surface area is 231 Å². The van der Waals surface area contributed by atoms with Crippen molar-refractivity contribution >= 4 is 47.3 Å². The van der Waals surface area contributed by atoms with Gasteiger partial charge in [0.1, 0.15) is 18.0 Å². The van der Waals surface area contributed by atoms with Crippen molar-refractivity contribution < 1.29 is 17.7 Å². The van der Waals surface area contributed by atoms with Crippen molar-refractivity contribution in [1.29, 1.82) is 0 Å². The lowest BCUT2D eigenvalue weighted by molar-refractivity contribution is -0.137. The van der Waals surface area contributed by atoms with Crippen LogP contribution in [0.15, 0.2) is 36.7 Å². The summed E-state index contributed by atoms with van der Waals surface area (Å²) < 4.78 is 52.6. The van der Waals surface area contributed by atoms with E-state index in [0.29, 0.717) is 12.2 Å². The number of rotatable bonds is 6. The predicted octanol–water partition coefficient (Wildman–Crippen LogP) is 6.62. The molecule has 0 bridgehead atoms. The van der Waals surface area contributed by atoms with Crippen LogP contribution in [0.2, 0.25) is 5.02 Å². The molecule has 1 atom stereocenters. The number of hydrogen-bond donors (Lipinski definition) is 2. The number of nitrogens with zero attached hydrogens (tertiary/aromatic N) is 4. The van der Waals surface area contributed by atoms with Gasteiger partial charge in [-0.05, 0) is 94.3 Å². The lowest BCUT2D eigenvalue weighted by Gasteiger charge is -2.25. The van der Waals surface area contributed by atoms with Crippen LogP contribution in [0.5, 0.6) is 0 Å². The van der Waals surface area contributed by atoms with Crippen molar-refractivity contribution in [3.63, 3.8) is 0 Å². The molecule has 1 fully saturated rings. The van der Waals surface area contributed by atoms with Crippen LogP contribution in [0.25, 0.3) is 0 Å². The van der Waals surface area contributed by atoms with Gasteiger partial charge < -0.3 is 20.1 Å². The Bertz CT molecular complexity index is 1410. The molecule has 1 aliphatic carbocycles. The maximum Gasteiger partial charge on any atom is 0.417 e. The van der Waals surface area contributed by atoms with Crippen LogP contribution in [-0.4, -0.2) is 52.3 Å². The summed E-state index contributed by atoms with van der Waals surface area (Å²) in [5, 5.41) is 6.18. The lowest BCUT2D eigenvalue weighted by atomic mass is 10.0. The van der Waals surface area contributed by atoms with E-state index in [1.54, 1.807) is 0 Å². The van der Waals surface area contributed by atoms with Crippen LogP contribution in [0.3, 0.4) is 0 Å². The summed E-state index contributed by atoms with van der Waals surface area (Å²) in [6.07, 6.45) is 4.46. The zero-order valence-electron chi connectivity index (χ0n) is 21.9. The van der Waals surface area contributed by atoms with Gasteiger partial charge in [-0.25, -0.2) is 9.97 Å². The van der Waals surface area contributed by atoms with Crippen molar-refractivity contribution in [3.05, 3.63) is 58.4 Å². The van der Waals surface area contributed by atoms with Gasteiger partial charge in [-0.1, -0.05) is 17.7 Å². The Morgan fingerprint density at radius 2 is 1.69 bits per heavy atom. The lowest BCUT2D eigenvalue weighted by Crippen LogP contribution is -2.32. The number of nitrogens with one attached hydrogen (secondary N) is 2. The van der Waals surface area contributed by atoms with Crippen molar-refractivity contribution in [1.82, 2.24) is 19.9 Å². The summed E-state index contributed by atoms with van der Waals surface area (Å²) in [5.41, 5.74) is 2.54. The first kappa shape index (κ1) is 27.9. The van der Waals surface area contributed by atoms with E-state index in [9.17, 15) is 17.7 Å². The summed E-state index contributed by atoms with van der Waals surface area (Å²) in [6, 6.07) is 7.77. The maximum absolute atomic E-state index is 13.3. The first-order valence-electron chi connectivity index (χ1n) is 13.0. The Kier molecular flexibility index (Phi) is 7.91. The van der Waals surface area contributed by atoms with Gasteiger partial charge in [-0.3, -0.25) is 0 Å². The number of likely N-dealkylation sites (tertiary alicyclic amines) is 1. The molecule has 2 aromatic heterocycles. The minimum atomic E-state index is -4.61. The van der Waals surface area contributed by atoms with Gasteiger partial charge in [0, 0.05) is 17.9 Å². The molecule has 7 nitrogen and oxygen atoms in total. The van der Waals surface area contributed by atoms with Gasteiger partial charge in [0.05, 0.1) is 17.1 Å².